The summed E-state index contributed by atoms with van der Waals surface area (Å²) in [6.07, 6.45) is 3.63. The first-order valence-corrected chi connectivity index (χ1v) is 48.9. The van der Waals surface area contributed by atoms with Gasteiger partial charge in [0.05, 0.1) is 18.3 Å². The summed E-state index contributed by atoms with van der Waals surface area (Å²) in [6.45, 7) is 31.6. The highest BCUT2D eigenvalue weighted by Crippen LogP contribution is 2.43. The molecule has 2 aliphatic heterocycles. The molecule has 1 unspecified atom stereocenters. The predicted molar refractivity (Wildman–Crippen MR) is 550 cm³/mol. The minimum absolute atomic E-state index is 0.0727. The number of hydrogen-bond donors (Lipinski definition) is 7. The van der Waals surface area contributed by atoms with Gasteiger partial charge in [-0.05, 0) is 180 Å². The fraction of sp³-hybridized carbons (Fsp3) is 0.393. The van der Waals surface area contributed by atoms with Gasteiger partial charge in [0.25, 0.3) is 0 Å². The fourth-order valence-corrected chi connectivity index (χ4v) is 18.3. The molecule has 0 bridgehead atoms. The molecule has 2 aromatic heterocycles. The van der Waals surface area contributed by atoms with Gasteiger partial charge in [-0.25, -0.2) is 23.7 Å². The van der Waals surface area contributed by atoms with E-state index in [2.05, 4.69) is 60.6 Å². The number of ether oxygens (including phenoxy) is 4. The summed E-state index contributed by atoms with van der Waals surface area (Å²) >= 11 is 0. The Balaban J connectivity index is 0.768. The number of carboxylic acids is 1. The molecule has 762 valence electrons. The van der Waals surface area contributed by atoms with Crippen LogP contribution in [0.3, 0.4) is 0 Å². The molecule has 2 saturated heterocycles. The summed E-state index contributed by atoms with van der Waals surface area (Å²) in [7, 11) is 2.84. The molecule has 0 aliphatic carbocycles. The van der Waals surface area contributed by atoms with E-state index in [0.29, 0.717) is 40.3 Å². The van der Waals surface area contributed by atoms with Gasteiger partial charge in [0, 0.05) is 59.3 Å². The van der Waals surface area contributed by atoms with Crippen LogP contribution in [0.2, 0.25) is 0 Å². The monoisotopic (exact) mass is 1970 g/mol. The van der Waals surface area contributed by atoms with Crippen LogP contribution >= 0.6 is 0 Å². The molecular formula is C112H133N17O16. The number of carboxylic acid groups (broad SMARTS) is 1. The van der Waals surface area contributed by atoms with Crippen LogP contribution in [-0.4, -0.2) is 225 Å². The fourth-order valence-electron chi connectivity index (χ4n) is 18.3. The van der Waals surface area contributed by atoms with Gasteiger partial charge in [-0.3, -0.25) is 48.2 Å². The summed E-state index contributed by atoms with van der Waals surface area (Å²) in [5.41, 5.74) is 0.239. The minimum atomic E-state index is -1.54. The van der Waals surface area contributed by atoms with E-state index in [-0.39, 0.29) is 76.6 Å². The molecule has 33 nitrogen and oxygen atoms in total. The third-order valence-corrected chi connectivity index (χ3v) is 26.2. The van der Waals surface area contributed by atoms with Crippen molar-refractivity contribution in [2.75, 3.05) is 33.8 Å². The Hall–Kier alpha value is -15.4. The third-order valence-electron chi connectivity index (χ3n) is 26.2. The van der Waals surface area contributed by atoms with Gasteiger partial charge in [0.15, 0.2) is 5.82 Å². The van der Waals surface area contributed by atoms with Crippen molar-refractivity contribution in [1.82, 2.24) is 86.7 Å². The van der Waals surface area contributed by atoms with E-state index in [9.17, 15) is 29.1 Å². The number of likely N-dealkylation sites (N-methyl/N-ethyl adjacent to an activating group) is 2. The van der Waals surface area contributed by atoms with Gasteiger partial charge in [0.2, 0.25) is 47.3 Å². The quantitative estimate of drug-likeness (QED) is 0.0139. The molecule has 2 fully saturated rings. The van der Waals surface area contributed by atoms with E-state index in [0.717, 1.165) is 53.6 Å². The second kappa shape index (κ2) is 46.3. The highest BCUT2D eigenvalue weighted by atomic mass is 16.6. The molecule has 9 aromatic carbocycles. The van der Waals surface area contributed by atoms with Crippen molar-refractivity contribution < 1.29 is 76.8 Å². The second-order valence-electron chi connectivity index (χ2n) is 41.6. The number of nitrogens with zero attached hydrogens (tertiary/aromatic N) is 11. The van der Waals surface area contributed by atoms with Crippen LogP contribution in [0.1, 0.15) is 179 Å². The number of allylic oxidation sites excluding steroid dienone is 1. The Labute approximate surface area is 846 Å². The standard InChI is InChI=1S/C112H133N17O16/c1-19-34-76-64-92(126(66-76)103(136)94(108(5,6)7)117-97(130)70(3)124(17)106(140)144-110(11,12)13)101(134)114-90(63-75-46-52-78-36-31-33-38-80(78)59-75)100(133)116-91(105(138)139)61-73-49-55-87(56-50-73)143-69-84-67-128(122-119-84)85-65-93(127(68-85)104(137)95(109(8,9)10)118-98(131)71(4)125(18)107(141)145-111(14,15)16)102(135)115-89(62-74-45-51-77-35-30-32-37-79(77)58-74)99(132)113-88(60-72-47-53-86(54-48-72)142-57-20-2)96-120-121-123-129(96)112(81-39-24-21-25-40-81,82-41-26-22-27-42-82)83-43-28-23-29-44-83/h19-33,35-56,58-59,67,70-71,76,85,88-95H,1-2,34,57,60-66,68-69H2,3-18H3,(H,113,132)(H,114,134)(H,115,135)(H,116,133)(H,117,130)(H,118,131)(H,138,139)/t70-,71-,76-,85+,88-,89-,90-,91?,92-,93-,94+,95+/m0/s1. The Bertz CT molecular complexity index is 6350. The number of fused-ring (bicyclic) bond motifs is 2. The maximum atomic E-state index is 16.4. The first-order valence-electron chi connectivity index (χ1n) is 48.9. The number of rotatable bonds is 39. The smallest absolute Gasteiger partial charge is 0.410 e. The van der Waals surface area contributed by atoms with Crippen molar-refractivity contribution >= 4 is 87.0 Å². The molecule has 0 spiro atoms. The molecular weight excluding hydrogens is 1840 g/mol. The normalized spacial score (nSPS) is 16.6. The zero-order valence-corrected chi connectivity index (χ0v) is 85.2. The van der Waals surface area contributed by atoms with Crippen LogP contribution in [0, 0.1) is 16.7 Å². The first kappa shape index (κ1) is 107. The lowest BCUT2D eigenvalue weighted by molar-refractivity contribution is -0.145. The van der Waals surface area contributed by atoms with Crippen molar-refractivity contribution in [3.05, 3.63) is 306 Å². The van der Waals surface area contributed by atoms with Crippen LogP contribution in [0.15, 0.2) is 256 Å². The SMILES string of the molecule is C=CCOc1ccc(C[C@H](NC(=O)[C@H](Cc2ccc3ccccc3c2)NC(=O)[C@@H]2C[C@@H](n3cc(COc4ccc(CC(NC(=O)[C@H](Cc5ccc6ccccc6c5)NC(=O)[C@@H]5C[C@H](CC=C)CN5C(=O)[C@@H](NC(=O)[C@H](C)N(C)C(=O)OC(C)(C)C)C(C)(C)C)C(=O)O)cc4)nn3)CN2C(=O)[C@@H](NC(=O)[C@H](C)N(C)C(=O)OC(C)(C)C)C(C)(C)C)c2nnnn2C(c2ccccc2)(c2ccccc2)c2ccccc2)cc1. The van der Waals surface area contributed by atoms with Crippen molar-refractivity contribution in [1.29, 1.82) is 0 Å². The van der Waals surface area contributed by atoms with Gasteiger partial charge in [-0.1, -0.05) is 266 Å². The Morgan fingerprint density at radius 2 is 0.876 bits per heavy atom. The number of nitrogens with one attached hydrogen (secondary N) is 6. The molecule has 0 radical (unpaired) electrons. The number of aliphatic carboxylic acids is 1. The van der Waals surface area contributed by atoms with Crippen LogP contribution in [0.25, 0.3) is 21.5 Å². The second-order valence-corrected chi connectivity index (χ2v) is 41.6. The van der Waals surface area contributed by atoms with E-state index < -0.39 is 159 Å². The number of tetrazole rings is 1. The van der Waals surface area contributed by atoms with Gasteiger partial charge >= 0.3 is 18.2 Å². The van der Waals surface area contributed by atoms with E-state index in [1.54, 1.807) is 130 Å². The number of hydrogen-bond acceptors (Lipinski definition) is 20. The zero-order chi connectivity index (χ0) is 105. The summed E-state index contributed by atoms with van der Waals surface area (Å²) in [6, 6.07) is 56.7. The van der Waals surface area contributed by atoms with Gasteiger partial charge in [-0.15, -0.1) is 16.8 Å². The largest absolute Gasteiger partial charge is 0.490 e. The lowest BCUT2D eigenvalue weighted by Gasteiger charge is -2.37. The maximum absolute atomic E-state index is 16.4. The van der Waals surface area contributed by atoms with Crippen molar-refractivity contribution in [3.63, 3.8) is 0 Å². The molecule has 10 amide bonds. The van der Waals surface area contributed by atoms with Crippen molar-refractivity contribution in [2.24, 2.45) is 16.7 Å². The Morgan fingerprint density at radius 1 is 0.455 bits per heavy atom. The molecule has 11 aromatic rings. The summed E-state index contributed by atoms with van der Waals surface area (Å²) in [5, 5.41) is 55.7. The first-order chi connectivity index (χ1) is 68.9. The van der Waals surface area contributed by atoms with Crippen LogP contribution < -0.4 is 41.4 Å². The molecule has 12 atom stereocenters. The number of carbonyl (C=O) groups excluding carboxylic acids is 10. The number of aromatic nitrogens is 7. The molecule has 33 heteroatoms. The van der Waals surface area contributed by atoms with Crippen LogP contribution in [0.4, 0.5) is 9.59 Å². The van der Waals surface area contributed by atoms with E-state index in [4.69, 9.17) is 29.3 Å². The lowest BCUT2D eigenvalue weighted by Crippen LogP contribution is -2.61. The molecule has 4 heterocycles. The van der Waals surface area contributed by atoms with Gasteiger partial charge < -0.3 is 65.8 Å². The average Bonchev–Trinajstić information content (AvgIpc) is 1.71. The van der Waals surface area contributed by atoms with E-state index >= 15 is 28.8 Å². The number of likely N-dealkylation sites (tertiary alicyclic amines) is 2. The topological polar surface area (TPSA) is 404 Å². The highest BCUT2D eigenvalue weighted by molar-refractivity contribution is 5.99. The summed E-state index contributed by atoms with van der Waals surface area (Å²) in [4.78, 5) is 168. The number of amides is 10. The Morgan fingerprint density at radius 3 is 1.32 bits per heavy atom. The summed E-state index contributed by atoms with van der Waals surface area (Å²) < 4.78 is 26.7. The predicted octanol–water partition coefficient (Wildman–Crippen LogP) is 13.7. The van der Waals surface area contributed by atoms with E-state index in [1.807, 2.05) is 200 Å². The molecule has 7 N–H and O–H groups in total. The number of carbonyl (C=O) groups is 11. The number of benzene rings is 9. The minimum Gasteiger partial charge on any atom is -0.490 e. The van der Waals surface area contributed by atoms with Crippen molar-refractivity contribution in [2.45, 2.75) is 232 Å². The van der Waals surface area contributed by atoms with Gasteiger partial charge in [0.1, 0.15) is 102 Å². The average molecular weight is 1970 g/mol. The van der Waals surface area contributed by atoms with Crippen LogP contribution in [-0.2, 0) is 90.5 Å². The lowest BCUT2D eigenvalue weighted by atomic mass is 9.77. The molecule has 2 aliphatic rings. The molecule has 145 heavy (non-hydrogen) atoms. The Kier molecular flexibility index (Phi) is 34.1. The molecule has 0 saturated carbocycles. The zero-order valence-electron chi connectivity index (χ0n) is 85.2. The van der Waals surface area contributed by atoms with E-state index in [1.165, 1.54) is 42.4 Å². The van der Waals surface area contributed by atoms with Gasteiger partial charge in [-0.2, -0.15) is 0 Å². The highest BCUT2D eigenvalue weighted by Gasteiger charge is 2.51. The third kappa shape index (κ3) is 26.7. The van der Waals surface area contributed by atoms with Crippen LogP contribution in [0.5, 0.6) is 11.5 Å². The summed E-state index contributed by atoms with van der Waals surface area (Å²) in [5.74, 6) is -5.92. The maximum Gasteiger partial charge on any atom is 0.410 e. The molecule has 13 rings (SSSR count). The van der Waals surface area contributed by atoms with Crippen molar-refractivity contribution in [3.8, 4) is 11.5 Å².